The smallest absolute Gasteiger partial charge is 0.341 e. The lowest BCUT2D eigenvalue weighted by Crippen LogP contribution is -2.40. The molecule has 5 rings (SSSR count). The summed E-state index contributed by atoms with van der Waals surface area (Å²) in [5, 5.41) is 9.31. The third-order valence-electron chi connectivity index (χ3n) is 6.46. The highest BCUT2D eigenvalue weighted by Gasteiger charge is 2.36. The quantitative estimate of drug-likeness (QED) is 0.252. The number of benzene rings is 3. The minimum absolute atomic E-state index is 0.120. The van der Waals surface area contributed by atoms with E-state index in [2.05, 4.69) is 15.9 Å². The van der Waals surface area contributed by atoms with Crippen molar-refractivity contribution in [1.29, 1.82) is 0 Å². The second-order valence-corrected chi connectivity index (χ2v) is 11.5. The standard InChI is InChI=1S/C31H24BrClN2O7S/c1-3-41-30(39)26-27(18-7-5-4-6-8-18)34-31-35(28(26)20-15-19(33)10-12-22(20)40-2)29(38)24(43-31)14-17-9-11-23(21(32)13-17)42-16-25(36)37/h4-15,28H,3,16H2,1-2H3,(H,36,37)/b24-14-/t28-/m0/s1. The zero-order chi connectivity index (χ0) is 30.7. The van der Waals surface area contributed by atoms with Gasteiger partial charge in [0.2, 0.25) is 0 Å². The number of ether oxygens (including phenoxy) is 3. The van der Waals surface area contributed by atoms with Gasteiger partial charge in [-0.15, -0.1) is 0 Å². The van der Waals surface area contributed by atoms with Gasteiger partial charge in [0.05, 0.1) is 34.0 Å². The Bertz CT molecular complexity index is 1940. The number of rotatable bonds is 9. The molecule has 0 aliphatic carbocycles. The van der Waals surface area contributed by atoms with E-state index >= 15 is 0 Å². The van der Waals surface area contributed by atoms with Crippen molar-refractivity contribution >= 4 is 62.6 Å². The van der Waals surface area contributed by atoms with E-state index in [1.807, 2.05) is 30.3 Å². The van der Waals surface area contributed by atoms with Gasteiger partial charge >= 0.3 is 11.9 Å². The number of methoxy groups -OCH3 is 1. The topological polar surface area (TPSA) is 116 Å². The Labute approximate surface area is 263 Å². The van der Waals surface area contributed by atoms with Crippen LogP contribution in [-0.4, -0.2) is 41.9 Å². The van der Waals surface area contributed by atoms with Crippen molar-refractivity contribution in [3.8, 4) is 11.5 Å². The fourth-order valence-electron chi connectivity index (χ4n) is 4.67. The number of carbonyl (C=O) groups is 2. The van der Waals surface area contributed by atoms with E-state index in [4.69, 9.17) is 35.9 Å². The first-order valence-corrected chi connectivity index (χ1v) is 15.0. The van der Waals surface area contributed by atoms with E-state index in [9.17, 15) is 14.4 Å². The monoisotopic (exact) mass is 682 g/mol. The molecule has 2 heterocycles. The van der Waals surface area contributed by atoms with Gasteiger partial charge in [-0.25, -0.2) is 14.6 Å². The van der Waals surface area contributed by atoms with Crippen LogP contribution in [0.5, 0.6) is 11.5 Å². The molecule has 1 atom stereocenters. The predicted molar refractivity (Wildman–Crippen MR) is 166 cm³/mol. The SMILES string of the molecule is CCOC(=O)C1=C(c2ccccc2)N=c2s/c(=C\c3ccc(OCC(=O)O)c(Br)c3)c(=O)n2[C@H]1c1cc(Cl)ccc1OC. The van der Waals surface area contributed by atoms with Crippen LogP contribution in [-0.2, 0) is 14.3 Å². The highest BCUT2D eigenvalue weighted by atomic mass is 79.9. The van der Waals surface area contributed by atoms with Gasteiger partial charge in [-0.3, -0.25) is 9.36 Å². The third-order valence-corrected chi connectivity index (χ3v) is 8.30. The van der Waals surface area contributed by atoms with Gasteiger partial charge in [0.25, 0.3) is 5.56 Å². The Morgan fingerprint density at radius 2 is 1.86 bits per heavy atom. The summed E-state index contributed by atoms with van der Waals surface area (Å²) in [5.41, 5.74) is 2.00. The number of esters is 1. The van der Waals surface area contributed by atoms with Crippen LogP contribution < -0.4 is 24.4 Å². The van der Waals surface area contributed by atoms with Crippen molar-refractivity contribution < 1.29 is 28.9 Å². The molecule has 9 nitrogen and oxygen atoms in total. The summed E-state index contributed by atoms with van der Waals surface area (Å²) >= 11 is 11.0. The molecule has 0 bridgehead atoms. The van der Waals surface area contributed by atoms with Crippen molar-refractivity contribution in [2.75, 3.05) is 20.3 Å². The molecule has 1 aliphatic heterocycles. The number of carboxylic acid groups (broad SMARTS) is 1. The Kier molecular flexibility index (Phi) is 9.14. The summed E-state index contributed by atoms with van der Waals surface area (Å²) in [7, 11) is 1.50. The number of halogens is 2. The van der Waals surface area contributed by atoms with Gasteiger partial charge in [0, 0.05) is 16.1 Å². The number of thiazole rings is 1. The largest absolute Gasteiger partial charge is 0.496 e. The molecule has 0 amide bonds. The molecule has 0 radical (unpaired) electrons. The zero-order valence-corrected chi connectivity index (χ0v) is 26.0. The molecule has 0 fully saturated rings. The van der Waals surface area contributed by atoms with Crippen molar-refractivity contribution in [2.24, 2.45) is 4.99 Å². The van der Waals surface area contributed by atoms with Gasteiger partial charge in [-0.2, -0.15) is 0 Å². The third kappa shape index (κ3) is 6.29. The number of hydrogen-bond acceptors (Lipinski definition) is 8. The predicted octanol–water partition coefficient (Wildman–Crippen LogP) is 4.82. The molecule has 0 unspecified atom stereocenters. The first-order valence-electron chi connectivity index (χ1n) is 13.0. The lowest BCUT2D eigenvalue weighted by Gasteiger charge is -2.27. The first-order chi connectivity index (χ1) is 20.7. The van der Waals surface area contributed by atoms with Gasteiger partial charge in [0.15, 0.2) is 11.4 Å². The maximum absolute atomic E-state index is 14.1. The number of carboxylic acids is 1. The average molecular weight is 684 g/mol. The van der Waals surface area contributed by atoms with Crippen LogP contribution in [0.1, 0.15) is 29.7 Å². The van der Waals surface area contributed by atoms with Crippen molar-refractivity contribution in [1.82, 2.24) is 4.57 Å². The van der Waals surface area contributed by atoms with E-state index in [0.717, 1.165) is 0 Å². The van der Waals surface area contributed by atoms with E-state index in [0.29, 0.717) is 52.7 Å². The Balaban J connectivity index is 1.77. The fraction of sp³-hybridized carbons (Fsp3) is 0.161. The van der Waals surface area contributed by atoms with Crippen LogP contribution in [0.3, 0.4) is 0 Å². The number of nitrogens with zero attached hydrogens (tertiary/aromatic N) is 2. The maximum atomic E-state index is 14.1. The van der Waals surface area contributed by atoms with Gasteiger partial charge in [0.1, 0.15) is 17.5 Å². The second-order valence-electron chi connectivity index (χ2n) is 9.19. The van der Waals surface area contributed by atoms with Crippen LogP contribution in [0.15, 0.2) is 86.6 Å². The van der Waals surface area contributed by atoms with E-state index in [1.165, 1.54) is 23.0 Å². The number of carbonyl (C=O) groups excluding carboxylic acids is 1. The molecule has 0 spiro atoms. The lowest BCUT2D eigenvalue weighted by molar-refractivity contribution is -0.140. The second kappa shape index (κ2) is 13.0. The summed E-state index contributed by atoms with van der Waals surface area (Å²) in [5.74, 6) is -0.936. The molecule has 1 N–H and O–H groups in total. The number of aromatic nitrogens is 1. The Morgan fingerprint density at radius 3 is 2.53 bits per heavy atom. The van der Waals surface area contributed by atoms with Crippen molar-refractivity contribution in [2.45, 2.75) is 13.0 Å². The summed E-state index contributed by atoms with van der Waals surface area (Å²) in [6.07, 6.45) is 1.69. The van der Waals surface area contributed by atoms with Crippen LogP contribution >= 0.6 is 38.9 Å². The molecule has 0 saturated carbocycles. The molecule has 1 aromatic heterocycles. The minimum Gasteiger partial charge on any atom is -0.496 e. The molecular weight excluding hydrogens is 660 g/mol. The van der Waals surface area contributed by atoms with Crippen LogP contribution in [0, 0.1) is 0 Å². The Hall–Kier alpha value is -4.19. The highest BCUT2D eigenvalue weighted by Crippen LogP contribution is 2.39. The van der Waals surface area contributed by atoms with Crippen LogP contribution in [0.2, 0.25) is 5.02 Å². The number of fused-ring (bicyclic) bond motifs is 1. The van der Waals surface area contributed by atoms with Gasteiger partial charge in [-0.1, -0.05) is 59.3 Å². The Morgan fingerprint density at radius 1 is 1.12 bits per heavy atom. The summed E-state index contributed by atoms with van der Waals surface area (Å²) < 4.78 is 18.8. The molecule has 3 aromatic carbocycles. The molecule has 4 aromatic rings. The lowest BCUT2D eigenvalue weighted by atomic mass is 9.92. The minimum atomic E-state index is -1.10. The van der Waals surface area contributed by atoms with Gasteiger partial charge in [-0.05, 0) is 64.8 Å². The molecule has 220 valence electrons. The average Bonchev–Trinajstić information content (AvgIpc) is 3.30. The summed E-state index contributed by atoms with van der Waals surface area (Å²) in [4.78, 5) is 43.9. The molecule has 1 aliphatic rings. The van der Waals surface area contributed by atoms with Crippen LogP contribution in [0.25, 0.3) is 11.8 Å². The highest BCUT2D eigenvalue weighted by molar-refractivity contribution is 9.10. The van der Waals surface area contributed by atoms with Crippen molar-refractivity contribution in [3.63, 3.8) is 0 Å². The normalized spacial score (nSPS) is 14.6. The summed E-state index contributed by atoms with van der Waals surface area (Å²) in [6, 6.07) is 18.3. The van der Waals surface area contributed by atoms with Crippen LogP contribution in [0.4, 0.5) is 0 Å². The summed E-state index contributed by atoms with van der Waals surface area (Å²) in [6.45, 7) is 1.34. The molecular formula is C31H24BrClN2O7S. The molecule has 43 heavy (non-hydrogen) atoms. The van der Waals surface area contributed by atoms with E-state index in [-0.39, 0.29) is 17.7 Å². The zero-order valence-electron chi connectivity index (χ0n) is 22.9. The van der Waals surface area contributed by atoms with E-state index in [1.54, 1.807) is 49.4 Å². The maximum Gasteiger partial charge on any atom is 0.341 e. The first kappa shape index (κ1) is 30.3. The molecule has 0 saturated heterocycles. The van der Waals surface area contributed by atoms with Crippen molar-refractivity contribution in [3.05, 3.63) is 118 Å². The number of aliphatic carboxylic acids is 1. The van der Waals surface area contributed by atoms with E-state index < -0.39 is 24.6 Å². The molecule has 12 heteroatoms. The number of hydrogen-bond donors (Lipinski definition) is 1. The fourth-order valence-corrected chi connectivity index (χ4v) is 6.36. The van der Waals surface area contributed by atoms with Gasteiger partial charge < -0.3 is 19.3 Å².